The molecule has 2 fully saturated rings. The molecule has 2 aliphatic heterocycles. The van der Waals surface area contributed by atoms with E-state index in [9.17, 15) is 24.0 Å². The third kappa shape index (κ3) is 5.91. The molecule has 0 radical (unpaired) electrons. The van der Waals surface area contributed by atoms with Gasteiger partial charge in [-0.3, -0.25) is 29.4 Å². The fourth-order valence-electron chi connectivity index (χ4n) is 4.51. The zero-order chi connectivity index (χ0) is 27.4. The number of ether oxygens (including phenoxy) is 2. The molecule has 4 rings (SSSR count). The van der Waals surface area contributed by atoms with Crippen LogP contribution in [-0.4, -0.2) is 60.3 Å². The summed E-state index contributed by atoms with van der Waals surface area (Å²) < 4.78 is 10.6. The number of carbonyl (C=O) groups excluding carboxylic acids is 5. The van der Waals surface area contributed by atoms with Crippen molar-refractivity contribution in [2.75, 3.05) is 20.3 Å². The number of carbonyl (C=O) groups is 5. The van der Waals surface area contributed by atoms with Crippen LogP contribution in [0.25, 0.3) is 0 Å². The van der Waals surface area contributed by atoms with E-state index in [1.807, 2.05) is 0 Å². The maximum Gasteiger partial charge on any atom is 0.324 e. The molecule has 2 aliphatic rings. The summed E-state index contributed by atoms with van der Waals surface area (Å²) in [5, 5.41) is 5.07. The van der Waals surface area contributed by atoms with Crippen LogP contribution in [0.3, 0.4) is 0 Å². The summed E-state index contributed by atoms with van der Waals surface area (Å²) in [6, 6.07) is 13.6. The van der Waals surface area contributed by atoms with Crippen LogP contribution in [0.4, 0.5) is 4.79 Å². The number of likely N-dealkylation sites (tertiary alicyclic amines) is 1. The maximum absolute atomic E-state index is 13.2. The van der Waals surface area contributed by atoms with E-state index in [0.29, 0.717) is 23.3 Å². The number of hydrogen-bond donors (Lipinski definition) is 2. The molecule has 0 unspecified atom stereocenters. The Kier molecular flexibility index (Phi) is 7.91. The van der Waals surface area contributed by atoms with Gasteiger partial charge in [-0.2, -0.15) is 0 Å². The van der Waals surface area contributed by atoms with Crippen molar-refractivity contribution in [3.63, 3.8) is 0 Å². The summed E-state index contributed by atoms with van der Waals surface area (Å²) in [5.74, 6) is -3.08. The number of ketones is 1. The van der Waals surface area contributed by atoms with Crippen molar-refractivity contribution in [1.82, 2.24) is 15.5 Å². The largest absolute Gasteiger partial charge is 0.497 e. The predicted octanol–water partition coefficient (Wildman–Crippen LogP) is 2.64. The molecule has 2 aromatic rings. The first-order chi connectivity index (χ1) is 18.1. The van der Waals surface area contributed by atoms with Crippen molar-refractivity contribution in [3.05, 3.63) is 65.7 Å². The zero-order valence-corrected chi connectivity index (χ0v) is 21.6. The highest BCUT2D eigenvalue weighted by atomic mass is 16.6. The second kappa shape index (κ2) is 11.1. The number of rotatable bonds is 9. The quantitative estimate of drug-likeness (QED) is 0.294. The molecule has 0 spiro atoms. The molecule has 200 valence electrons. The minimum Gasteiger partial charge on any atom is -0.497 e. The summed E-state index contributed by atoms with van der Waals surface area (Å²) in [7, 11) is 1.52. The van der Waals surface area contributed by atoms with E-state index in [4.69, 9.17) is 9.47 Å². The number of urea groups is 1. The highest BCUT2D eigenvalue weighted by molar-refractivity contribution is 6.14. The van der Waals surface area contributed by atoms with E-state index in [-0.39, 0.29) is 31.4 Å². The van der Waals surface area contributed by atoms with Crippen LogP contribution in [0.1, 0.15) is 48.7 Å². The maximum atomic E-state index is 13.2. The van der Waals surface area contributed by atoms with E-state index < -0.39 is 41.2 Å². The van der Waals surface area contributed by atoms with Crippen LogP contribution in [0.2, 0.25) is 0 Å². The second-order valence-corrected chi connectivity index (χ2v) is 9.84. The van der Waals surface area contributed by atoms with Gasteiger partial charge in [0.15, 0.2) is 5.78 Å². The number of benzene rings is 2. The molecule has 10 heteroatoms. The molecular weight excluding hydrogens is 490 g/mol. The van der Waals surface area contributed by atoms with Gasteiger partial charge in [0.05, 0.1) is 26.2 Å². The van der Waals surface area contributed by atoms with E-state index in [2.05, 4.69) is 10.6 Å². The highest BCUT2D eigenvalue weighted by Gasteiger charge is 2.54. The topological polar surface area (TPSA) is 134 Å². The van der Waals surface area contributed by atoms with Crippen LogP contribution in [-0.2, 0) is 19.1 Å². The van der Waals surface area contributed by atoms with Crippen LogP contribution < -0.4 is 15.4 Å². The number of hydrogen-bond acceptors (Lipinski definition) is 7. The van der Waals surface area contributed by atoms with Crippen molar-refractivity contribution in [2.45, 2.75) is 38.3 Å². The smallest absolute Gasteiger partial charge is 0.324 e. The third-order valence-electron chi connectivity index (χ3n) is 6.98. The van der Waals surface area contributed by atoms with E-state index in [1.165, 1.54) is 7.11 Å². The van der Waals surface area contributed by atoms with Gasteiger partial charge in [-0.1, -0.05) is 49.4 Å². The first kappa shape index (κ1) is 27.0. The summed E-state index contributed by atoms with van der Waals surface area (Å²) in [6.07, 6.45) is 0.261. The monoisotopic (exact) mass is 521 g/mol. The van der Waals surface area contributed by atoms with Crippen molar-refractivity contribution < 1.29 is 33.4 Å². The molecule has 38 heavy (non-hydrogen) atoms. The lowest BCUT2D eigenvalue weighted by Gasteiger charge is -2.23. The highest BCUT2D eigenvalue weighted by Crippen LogP contribution is 2.37. The molecule has 5 amide bonds. The van der Waals surface area contributed by atoms with E-state index >= 15 is 0 Å². The minimum absolute atomic E-state index is 0.213. The van der Waals surface area contributed by atoms with Gasteiger partial charge in [0.2, 0.25) is 17.7 Å². The lowest BCUT2D eigenvalue weighted by molar-refractivity contribution is -0.133. The summed E-state index contributed by atoms with van der Waals surface area (Å²) in [4.78, 5) is 65.8. The summed E-state index contributed by atoms with van der Waals surface area (Å²) in [6.45, 7) is 3.90. The lowest BCUT2D eigenvalue weighted by atomic mass is 9.86. The van der Waals surface area contributed by atoms with Crippen molar-refractivity contribution in [3.8, 4) is 5.75 Å². The number of methoxy groups -OCH3 is 1. The molecule has 0 aromatic heterocycles. The molecular formula is C28H31N3O7. The third-order valence-corrected chi connectivity index (χ3v) is 6.98. The Hall–Kier alpha value is -4.05. The lowest BCUT2D eigenvalue weighted by Crippen LogP contribution is -2.47. The molecule has 0 bridgehead atoms. The summed E-state index contributed by atoms with van der Waals surface area (Å²) in [5.41, 5.74) is -0.0891. The Morgan fingerprint density at radius 1 is 1.11 bits per heavy atom. The molecule has 4 atom stereocenters. The average molecular weight is 522 g/mol. The number of nitrogens with zero attached hydrogens (tertiary/aromatic N) is 1. The molecule has 0 aliphatic carbocycles. The Balaban J connectivity index is 1.50. The Labute approximate surface area is 220 Å². The first-order valence-corrected chi connectivity index (χ1v) is 12.5. The fourth-order valence-corrected chi connectivity index (χ4v) is 4.51. The van der Waals surface area contributed by atoms with Crippen LogP contribution in [0.15, 0.2) is 54.6 Å². The first-order valence-electron chi connectivity index (χ1n) is 12.5. The fraction of sp³-hybridized carbons (Fsp3) is 0.393. The number of Topliss-reactive ketones (excluding diaryl/α,β-unsaturated/α-hetero) is 1. The van der Waals surface area contributed by atoms with Crippen molar-refractivity contribution in [1.29, 1.82) is 0 Å². The normalized spacial score (nSPS) is 21.8. The number of epoxide rings is 1. The van der Waals surface area contributed by atoms with Crippen LogP contribution >= 0.6 is 0 Å². The molecule has 2 saturated heterocycles. The van der Waals surface area contributed by atoms with Crippen LogP contribution in [0.5, 0.6) is 5.75 Å². The zero-order valence-electron chi connectivity index (χ0n) is 21.6. The Bertz CT molecular complexity index is 1220. The van der Waals surface area contributed by atoms with E-state index in [0.717, 1.165) is 4.90 Å². The van der Waals surface area contributed by atoms with Gasteiger partial charge in [-0.05, 0) is 31.0 Å². The van der Waals surface area contributed by atoms with Gasteiger partial charge < -0.3 is 14.8 Å². The minimum atomic E-state index is -1.22. The molecule has 2 N–H and O–H groups in total. The van der Waals surface area contributed by atoms with Gasteiger partial charge in [-0.15, -0.1) is 0 Å². The van der Waals surface area contributed by atoms with Crippen molar-refractivity contribution in [2.24, 2.45) is 11.8 Å². The van der Waals surface area contributed by atoms with Gasteiger partial charge in [0.25, 0.3) is 0 Å². The molecule has 2 heterocycles. The summed E-state index contributed by atoms with van der Waals surface area (Å²) >= 11 is 0. The Morgan fingerprint density at radius 2 is 1.76 bits per heavy atom. The average Bonchev–Trinajstić information content (AvgIpc) is 3.56. The number of imide groups is 2. The second-order valence-electron chi connectivity index (χ2n) is 9.84. The standard InChI is InChI=1S/C28H31N3O7/c1-17-13-14-31(26(17)35)27(36)29-21(18-9-11-20(37-3)12-10-18)15-22(32)30-25(34)23(28(2)16-38-28)24(33)19-7-5-4-6-8-19/h4-12,17,21,23H,13-16H2,1-3H3,(H,29,36)(H,30,32,34)/t17-,21-,23-,28-/m0/s1. The van der Waals surface area contributed by atoms with Gasteiger partial charge in [0.1, 0.15) is 17.3 Å². The number of nitrogens with one attached hydrogen (secondary N) is 2. The van der Waals surface area contributed by atoms with Gasteiger partial charge in [-0.25, -0.2) is 4.79 Å². The van der Waals surface area contributed by atoms with Gasteiger partial charge >= 0.3 is 6.03 Å². The molecule has 0 saturated carbocycles. The molecule has 10 nitrogen and oxygen atoms in total. The van der Waals surface area contributed by atoms with Crippen LogP contribution in [0, 0.1) is 11.8 Å². The number of amides is 5. The predicted molar refractivity (Wildman–Crippen MR) is 136 cm³/mol. The SMILES string of the molecule is COc1ccc([C@H](CC(=O)NC(=O)[C@H](C(=O)c2ccccc2)[C@]2(C)CO2)NC(=O)N2CC[C@H](C)C2=O)cc1. The molecule has 2 aromatic carbocycles. The van der Waals surface area contributed by atoms with E-state index in [1.54, 1.807) is 68.4 Å². The Morgan fingerprint density at radius 3 is 2.32 bits per heavy atom. The van der Waals surface area contributed by atoms with Crippen molar-refractivity contribution >= 4 is 29.5 Å². The van der Waals surface area contributed by atoms with Gasteiger partial charge in [0, 0.05) is 18.0 Å².